The van der Waals surface area contributed by atoms with Gasteiger partial charge in [0.25, 0.3) is 0 Å². The molecule has 0 saturated heterocycles. The molecule has 2 heterocycles. The first-order valence-corrected chi connectivity index (χ1v) is 9.18. The smallest absolute Gasteiger partial charge is 0.242 e. The van der Waals surface area contributed by atoms with Crippen molar-refractivity contribution < 1.29 is 8.42 Å². The van der Waals surface area contributed by atoms with Crippen molar-refractivity contribution in [3.63, 3.8) is 0 Å². The van der Waals surface area contributed by atoms with Crippen LogP contribution in [0.15, 0.2) is 47.5 Å². The minimum absolute atomic E-state index is 0.0983. The number of halogens is 1. The Bertz CT molecular complexity index is 859. The number of aromatic nitrogens is 2. The number of nitrogens with zero attached hydrogens (tertiary/aromatic N) is 2. The van der Waals surface area contributed by atoms with Crippen LogP contribution in [0.2, 0.25) is 5.15 Å². The summed E-state index contributed by atoms with van der Waals surface area (Å²) in [5.74, 6) is 0. The standard InChI is InChI=1S/C14H12ClN3O2S2/c15-13-6-5-10(9-16-13)22(19,20)17-8-7-14-18-11-3-1-2-4-12(11)21-14/h1-6,9,17H,7-8H2. The van der Waals surface area contributed by atoms with E-state index in [0.29, 0.717) is 6.42 Å². The van der Waals surface area contributed by atoms with Gasteiger partial charge in [-0.25, -0.2) is 23.1 Å². The van der Waals surface area contributed by atoms with Gasteiger partial charge < -0.3 is 0 Å². The predicted molar refractivity (Wildman–Crippen MR) is 87.8 cm³/mol. The van der Waals surface area contributed by atoms with Crippen molar-refractivity contribution in [3.8, 4) is 0 Å². The highest BCUT2D eigenvalue weighted by Gasteiger charge is 2.14. The van der Waals surface area contributed by atoms with Crippen molar-refractivity contribution in [1.29, 1.82) is 0 Å². The molecule has 0 amide bonds. The maximum absolute atomic E-state index is 12.1. The fourth-order valence-electron chi connectivity index (χ4n) is 1.92. The van der Waals surface area contributed by atoms with Gasteiger partial charge >= 0.3 is 0 Å². The highest BCUT2D eigenvalue weighted by Crippen LogP contribution is 2.21. The number of hydrogen-bond donors (Lipinski definition) is 1. The van der Waals surface area contributed by atoms with Crippen LogP contribution in [0, 0.1) is 0 Å². The Labute approximate surface area is 137 Å². The second kappa shape index (κ2) is 6.29. The average molecular weight is 354 g/mol. The molecule has 3 aromatic rings. The Morgan fingerprint density at radius 3 is 2.73 bits per heavy atom. The van der Waals surface area contributed by atoms with Gasteiger partial charge in [0, 0.05) is 19.2 Å². The van der Waals surface area contributed by atoms with Crippen LogP contribution in [0.3, 0.4) is 0 Å². The molecule has 8 heteroatoms. The van der Waals surface area contributed by atoms with Gasteiger partial charge in [-0.2, -0.15) is 0 Å². The lowest BCUT2D eigenvalue weighted by molar-refractivity contribution is 0.581. The first-order chi connectivity index (χ1) is 10.5. The van der Waals surface area contributed by atoms with Gasteiger partial charge in [0.15, 0.2) is 0 Å². The van der Waals surface area contributed by atoms with Crippen LogP contribution in [0.1, 0.15) is 5.01 Å². The van der Waals surface area contributed by atoms with Crippen LogP contribution in [-0.4, -0.2) is 24.9 Å². The Hall–Kier alpha value is -1.54. The van der Waals surface area contributed by atoms with Gasteiger partial charge in [0.2, 0.25) is 10.0 Å². The first-order valence-electron chi connectivity index (χ1n) is 6.50. The number of fused-ring (bicyclic) bond motifs is 1. The highest BCUT2D eigenvalue weighted by atomic mass is 35.5. The monoisotopic (exact) mass is 353 g/mol. The van der Waals surface area contributed by atoms with E-state index < -0.39 is 10.0 Å². The van der Waals surface area contributed by atoms with Crippen LogP contribution in [0.4, 0.5) is 0 Å². The number of hydrogen-bond acceptors (Lipinski definition) is 5. The van der Waals surface area contributed by atoms with Crippen molar-refractivity contribution in [2.24, 2.45) is 0 Å². The summed E-state index contributed by atoms with van der Waals surface area (Å²) >= 11 is 7.22. The number of para-hydroxylation sites is 1. The van der Waals surface area contributed by atoms with Gasteiger partial charge in [0.1, 0.15) is 10.0 Å². The molecule has 2 aromatic heterocycles. The number of benzene rings is 1. The summed E-state index contributed by atoms with van der Waals surface area (Å²) in [5, 5.41) is 1.16. The molecular formula is C14H12ClN3O2S2. The fourth-order valence-corrected chi connectivity index (χ4v) is 3.98. The Morgan fingerprint density at radius 1 is 1.18 bits per heavy atom. The highest BCUT2D eigenvalue weighted by molar-refractivity contribution is 7.89. The lowest BCUT2D eigenvalue weighted by Crippen LogP contribution is -2.26. The minimum Gasteiger partial charge on any atom is -0.243 e. The summed E-state index contributed by atoms with van der Waals surface area (Å²) in [4.78, 5) is 8.35. The Morgan fingerprint density at radius 2 is 2.00 bits per heavy atom. The molecule has 0 spiro atoms. The third kappa shape index (κ3) is 3.44. The molecule has 0 aliphatic carbocycles. The van der Waals surface area contributed by atoms with Gasteiger partial charge in [-0.15, -0.1) is 11.3 Å². The summed E-state index contributed by atoms with van der Waals surface area (Å²) in [5.41, 5.74) is 0.937. The van der Waals surface area contributed by atoms with E-state index in [1.807, 2.05) is 24.3 Å². The molecule has 1 N–H and O–H groups in total. The Kier molecular flexibility index (Phi) is 4.39. The zero-order valence-corrected chi connectivity index (χ0v) is 13.7. The van der Waals surface area contributed by atoms with E-state index in [1.54, 1.807) is 11.3 Å². The number of rotatable bonds is 5. The molecule has 0 aliphatic rings. The van der Waals surface area contributed by atoms with E-state index in [9.17, 15) is 8.42 Å². The lowest BCUT2D eigenvalue weighted by Gasteiger charge is -2.05. The van der Waals surface area contributed by atoms with Gasteiger partial charge in [-0.3, -0.25) is 0 Å². The zero-order chi connectivity index (χ0) is 15.6. The summed E-state index contributed by atoms with van der Waals surface area (Å²) in [7, 11) is -3.57. The molecule has 5 nitrogen and oxygen atoms in total. The van der Waals surface area contributed by atoms with Crippen molar-refractivity contribution in [3.05, 3.63) is 52.8 Å². The van der Waals surface area contributed by atoms with Crippen molar-refractivity contribution in [2.75, 3.05) is 6.54 Å². The second-order valence-corrected chi connectivity index (χ2v) is 7.81. The third-order valence-corrected chi connectivity index (χ3v) is 5.75. The molecular weight excluding hydrogens is 342 g/mol. The van der Waals surface area contributed by atoms with Crippen molar-refractivity contribution in [1.82, 2.24) is 14.7 Å². The second-order valence-electron chi connectivity index (χ2n) is 4.54. The molecule has 0 radical (unpaired) electrons. The summed E-state index contributed by atoms with van der Waals surface area (Å²) < 4.78 is 27.8. The molecule has 0 fully saturated rings. The zero-order valence-electron chi connectivity index (χ0n) is 11.4. The molecule has 114 valence electrons. The molecule has 0 bridgehead atoms. The molecule has 1 aromatic carbocycles. The number of nitrogens with one attached hydrogen (secondary N) is 1. The van der Waals surface area contributed by atoms with Crippen molar-refractivity contribution in [2.45, 2.75) is 11.3 Å². The number of thiazole rings is 1. The fraction of sp³-hybridized carbons (Fsp3) is 0.143. The predicted octanol–water partition coefficient (Wildman–Crippen LogP) is 2.87. The van der Waals surface area contributed by atoms with E-state index in [2.05, 4.69) is 14.7 Å². The summed E-state index contributed by atoms with van der Waals surface area (Å²) in [6.45, 7) is 0.283. The van der Waals surface area contributed by atoms with E-state index >= 15 is 0 Å². The van der Waals surface area contributed by atoms with Crippen LogP contribution in [0.5, 0.6) is 0 Å². The summed E-state index contributed by atoms with van der Waals surface area (Å²) in [6.07, 6.45) is 1.78. The molecule has 0 unspecified atom stereocenters. The number of sulfonamides is 1. The quantitative estimate of drug-likeness (QED) is 0.716. The van der Waals surface area contributed by atoms with Crippen LogP contribution in [0.25, 0.3) is 10.2 Å². The molecule has 0 atom stereocenters. The molecule has 22 heavy (non-hydrogen) atoms. The number of pyridine rings is 1. The van der Waals surface area contributed by atoms with E-state index in [-0.39, 0.29) is 16.6 Å². The largest absolute Gasteiger partial charge is 0.243 e. The van der Waals surface area contributed by atoms with E-state index in [1.165, 1.54) is 18.3 Å². The normalized spacial score (nSPS) is 11.9. The van der Waals surface area contributed by atoms with Gasteiger partial charge in [-0.1, -0.05) is 23.7 Å². The lowest BCUT2D eigenvalue weighted by atomic mass is 10.3. The molecule has 3 rings (SSSR count). The van der Waals surface area contributed by atoms with Crippen molar-refractivity contribution >= 4 is 43.2 Å². The minimum atomic E-state index is -3.57. The summed E-state index contributed by atoms with van der Waals surface area (Å²) in [6, 6.07) is 10.7. The van der Waals surface area contributed by atoms with Crippen LogP contribution < -0.4 is 4.72 Å². The average Bonchev–Trinajstić information content (AvgIpc) is 2.90. The van der Waals surface area contributed by atoms with E-state index in [4.69, 9.17) is 11.6 Å². The molecule has 0 aliphatic heterocycles. The van der Waals surface area contributed by atoms with Gasteiger partial charge in [-0.05, 0) is 24.3 Å². The van der Waals surface area contributed by atoms with Crippen LogP contribution in [-0.2, 0) is 16.4 Å². The van der Waals surface area contributed by atoms with Crippen LogP contribution >= 0.6 is 22.9 Å². The topological polar surface area (TPSA) is 72.0 Å². The maximum Gasteiger partial charge on any atom is 0.242 e. The Balaban J connectivity index is 1.65. The SMILES string of the molecule is O=S(=O)(NCCc1nc2ccccc2s1)c1ccc(Cl)nc1. The van der Waals surface area contributed by atoms with Gasteiger partial charge in [0.05, 0.1) is 15.2 Å². The molecule has 0 saturated carbocycles. The van der Waals surface area contributed by atoms with E-state index in [0.717, 1.165) is 15.2 Å². The first kappa shape index (κ1) is 15.4. The third-order valence-electron chi connectivity index (χ3n) is 2.98. The maximum atomic E-state index is 12.1.